The van der Waals surface area contributed by atoms with Gasteiger partial charge in [0.2, 0.25) is 10.0 Å². The van der Waals surface area contributed by atoms with Crippen LogP contribution in [0.1, 0.15) is 13.8 Å². The Balaban J connectivity index is 2.98. The normalized spacial score (nSPS) is 13.3. The van der Waals surface area contributed by atoms with Crippen LogP contribution >= 0.6 is 15.9 Å². The molecule has 0 saturated carbocycles. The molecule has 0 aliphatic heterocycles. The maximum absolute atomic E-state index is 11.9. The molecule has 0 amide bonds. The van der Waals surface area contributed by atoms with Crippen molar-refractivity contribution in [2.75, 3.05) is 13.2 Å². The van der Waals surface area contributed by atoms with E-state index in [1.807, 2.05) is 6.92 Å². The molecular weight excluding hydrogens is 322 g/mol. The van der Waals surface area contributed by atoms with E-state index in [0.717, 1.165) is 0 Å². The van der Waals surface area contributed by atoms with E-state index in [1.165, 1.54) is 19.1 Å². The molecule has 0 aliphatic carbocycles. The van der Waals surface area contributed by atoms with Gasteiger partial charge < -0.3 is 9.84 Å². The highest BCUT2D eigenvalue weighted by molar-refractivity contribution is 9.10. The number of aliphatic hydroxyl groups is 1. The SMILES string of the molecule is CCOc1cc(S(=O)(=O)NC[C@H](C)O)ccc1Br. The van der Waals surface area contributed by atoms with E-state index in [1.54, 1.807) is 6.07 Å². The third-order valence-corrected chi connectivity index (χ3v) is 4.16. The summed E-state index contributed by atoms with van der Waals surface area (Å²) in [5.41, 5.74) is 0. The Labute approximate surface area is 115 Å². The summed E-state index contributed by atoms with van der Waals surface area (Å²) < 4.78 is 32.1. The monoisotopic (exact) mass is 337 g/mol. The minimum absolute atomic E-state index is 0.0254. The highest BCUT2D eigenvalue weighted by atomic mass is 79.9. The molecule has 1 atom stereocenters. The van der Waals surface area contributed by atoms with Crippen LogP contribution in [0.15, 0.2) is 27.6 Å². The van der Waals surface area contributed by atoms with E-state index in [2.05, 4.69) is 20.7 Å². The van der Waals surface area contributed by atoms with Crippen molar-refractivity contribution in [3.63, 3.8) is 0 Å². The van der Waals surface area contributed by atoms with Crippen molar-refractivity contribution in [3.8, 4) is 5.75 Å². The maximum atomic E-state index is 11.9. The van der Waals surface area contributed by atoms with Crippen LogP contribution in [0.4, 0.5) is 0 Å². The van der Waals surface area contributed by atoms with Crippen LogP contribution in [0.3, 0.4) is 0 Å². The van der Waals surface area contributed by atoms with Crippen molar-refractivity contribution in [3.05, 3.63) is 22.7 Å². The molecule has 0 heterocycles. The van der Waals surface area contributed by atoms with Crippen LogP contribution in [0, 0.1) is 0 Å². The van der Waals surface area contributed by atoms with Crippen molar-refractivity contribution in [2.24, 2.45) is 0 Å². The minimum Gasteiger partial charge on any atom is -0.493 e. The molecule has 102 valence electrons. The first-order valence-electron chi connectivity index (χ1n) is 5.47. The van der Waals surface area contributed by atoms with Crippen molar-refractivity contribution in [1.29, 1.82) is 0 Å². The van der Waals surface area contributed by atoms with Gasteiger partial charge in [-0.05, 0) is 41.9 Å². The van der Waals surface area contributed by atoms with Crippen molar-refractivity contribution < 1.29 is 18.3 Å². The van der Waals surface area contributed by atoms with Gasteiger partial charge in [-0.1, -0.05) is 0 Å². The molecule has 0 radical (unpaired) electrons. The van der Waals surface area contributed by atoms with Crippen LogP contribution in [-0.4, -0.2) is 32.8 Å². The minimum atomic E-state index is -3.62. The zero-order chi connectivity index (χ0) is 13.8. The van der Waals surface area contributed by atoms with Gasteiger partial charge >= 0.3 is 0 Å². The van der Waals surface area contributed by atoms with Crippen molar-refractivity contribution in [1.82, 2.24) is 4.72 Å². The van der Waals surface area contributed by atoms with Gasteiger partial charge in [0.05, 0.1) is 22.1 Å². The molecule has 0 aliphatic rings. The van der Waals surface area contributed by atoms with E-state index in [4.69, 9.17) is 9.84 Å². The molecular formula is C11H16BrNO4S. The Hall–Kier alpha value is -0.630. The number of aliphatic hydroxyl groups excluding tert-OH is 1. The third-order valence-electron chi connectivity index (χ3n) is 2.08. The highest BCUT2D eigenvalue weighted by Crippen LogP contribution is 2.27. The summed E-state index contributed by atoms with van der Waals surface area (Å²) in [5.74, 6) is 0.470. The molecule has 1 rings (SSSR count). The van der Waals surface area contributed by atoms with Crippen LogP contribution < -0.4 is 9.46 Å². The fraction of sp³-hybridized carbons (Fsp3) is 0.455. The average molecular weight is 338 g/mol. The molecule has 0 bridgehead atoms. The Morgan fingerprint density at radius 3 is 2.72 bits per heavy atom. The number of rotatable bonds is 6. The number of sulfonamides is 1. The summed E-state index contributed by atoms with van der Waals surface area (Å²) in [5, 5.41) is 9.09. The molecule has 2 N–H and O–H groups in total. The standard InChI is InChI=1S/C11H16BrNO4S/c1-3-17-11-6-9(4-5-10(11)12)18(15,16)13-7-8(2)14/h4-6,8,13-14H,3,7H2,1-2H3/t8-/m0/s1. The fourth-order valence-electron chi connectivity index (χ4n) is 1.23. The summed E-state index contributed by atoms with van der Waals surface area (Å²) in [6.07, 6.45) is -0.735. The molecule has 1 aromatic carbocycles. The summed E-state index contributed by atoms with van der Waals surface area (Å²) in [4.78, 5) is 0.106. The van der Waals surface area contributed by atoms with Gasteiger partial charge in [0.1, 0.15) is 5.75 Å². The first-order chi connectivity index (χ1) is 8.36. The maximum Gasteiger partial charge on any atom is 0.240 e. The summed E-state index contributed by atoms with van der Waals surface area (Å²) in [6, 6.07) is 4.52. The van der Waals surface area contributed by atoms with Gasteiger partial charge in [-0.15, -0.1) is 0 Å². The summed E-state index contributed by atoms with van der Waals surface area (Å²) in [6.45, 7) is 3.75. The molecule has 7 heteroatoms. The third kappa shape index (κ3) is 4.24. The van der Waals surface area contributed by atoms with Gasteiger partial charge in [-0.2, -0.15) is 0 Å². The summed E-state index contributed by atoms with van der Waals surface area (Å²) >= 11 is 3.28. The van der Waals surface area contributed by atoms with Crippen LogP contribution in [0.25, 0.3) is 0 Å². The molecule has 0 unspecified atom stereocenters. The van der Waals surface area contributed by atoms with E-state index < -0.39 is 16.1 Å². The zero-order valence-corrected chi connectivity index (χ0v) is 12.6. The van der Waals surface area contributed by atoms with Crippen LogP contribution in [0.5, 0.6) is 5.75 Å². The number of benzene rings is 1. The lowest BCUT2D eigenvalue weighted by Gasteiger charge is -2.11. The van der Waals surface area contributed by atoms with Gasteiger partial charge in [-0.25, -0.2) is 13.1 Å². The largest absolute Gasteiger partial charge is 0.493 e. The van der Waals surface area contributed by atoms with E-state index in [0.29, 0.717) is 16.8 Å². The Morgan fingerprint density at radius 1 is 1.50 bits per heavy atom. The number of ether oxygens (including phenoxy) is 1. The Bertz CT molecular complexity index is 502. The molecule has 0 aromatic heterocycles. The second-order valence-electron chi connectivity index (χ2n) is 3.73. The number of hydrogen-bond donors (Lipinski definition) is 2. The predicted molar refractivity (Wildman–Crippen MR) is 72.2 cm³/mol. The average Bonchev–Trinajstić information content (AvgIpc) is 2.29. The molecule has 18 heavy (non-hydrogen) atoms. The lowest BCUT2D eigenvalue weighted by molar-refractivity contribution is 0.198. The Kier molecular flexibility index (Phi) is 5.58. The predicted octanol–water partition coefficient (Wildman–Crippen LogP) is 1.51. The van der Waals surface area contributed by atoms with Gasteiger partial charge in [0.15, 0.2) is 0 Å². The Morgan fingerprint density at radius 2 is 2.17 bits per heavy atom. The second-order valence-corrected chi connectivity index (χ2v) is 6.35. The number of halogens is 1. The van der Waals surface area contributed by atoms with Gasteiger partial charge in [0.25, 0.3) is 0 Å². The van der Waals surface area contributed by atoms with E-state index in [-0.39, 0.29) is 11.4 Å². The number of nitrogens with one attached hydrogen (secondary N) is 1. The lowest BCUT2D eigenvalue weighted by atomic mass is 10.3. The van der Waals surface area contributed by atoms with Gasteiger partial charge in [-0.3, -0.25) is 0 Å². The smallest absolute Gasteiger partial charge is 0.240 e. The molecule has 0 fully saturated rings. The van der Waals surface area contributed by atoms with Crippen molar-refractivity contribution in [2.45, 2.75) is 24.8 Å². The second kappa shape index (κ2) is 6.51. The van der Waals surface area contributed by atoms with Crippen molar-refractivity contribution >= 4 is 26.0 Å². The van der Waals surface area contributed by atoms with E-state index in [9.17, 15) is 8.42 Å². The number of hydrogen-bond acceptors (Lipinski definition) is 4. The van der Waals surface area contributed by atoms with Crippen LogP contribution in [-0.2, 0) is 10.0 Å². The highest BCUT2D eigenvalue weighted by Gasteiger charge is 2.16. The van der Waals surface area contributed by atoms with Crippen LogP contribution in [0.2, 0.25) is 0 Å². The zero-order valence-electron chi connectivity index (χ0n) is 10.2. The molecule has 0 spiro atoms. The quantitative estimate of drug-likeness (QED) is 0.824. The molecule has 5 nitrogen and oxygen atoms in total. The molecule has 1 aromatic rings. The van der Waals surface area contributed by atoms with E-state index >= 15 is 0 Å². The topological polar surface area (TPSA) is 75.6 Å². The fourth-order valence-corrected chi connectivity index (χ4v) is 2.73. The molecule has 0 saturated heterocycles. The first-order valence-corrected chi connectivity index (χ1v) is 7.74. The first kappa shape index (κ1) is 15.4. The van der Waals surface area contributed by atoms with Gasteiger partial charge in [0, 0.05) is 12.6 Å². The lowest BCUT2D eigenvalue weighted by Crippen LogP contribution is -2.30. The summed E-state index contributed by atoms with van der Waals surface area (Å²) in [7, 11) is -3.62.